The lowest BCUT2D eigenvalue weighted by Crippen LogP contribution is -2.41. The molecule has 126 valence electrons. The van der Waals surface area contributed by atoms with Crippen molar-refractivity contribution in [3.63, 3.8) is 0 Å². The lowest BCUT2D eigenvalue weighted by Gasteiger charge is -2.36. The molecule has 0 spiro atoms. The molecule has 0 saturated carbocycles. The fraction of sp³-hybridized carbons (Fsp3) is 0.333. The summed E-state index contributed by atoms with van der Waals surface area (Å²) in [6.07, 6.45) is 0.675. The fourth-order valence-electron chi connectivity index (χ4n) is 3.43. The highest BCUT2D eigenvalue weighted by atomic mass is 32.2. The van der Waals surface area contributed by atoms with Gasteiger partial charge in [0.25, 0.3) is 0 Å². The predicted octanol–water partition coefficient (Wildman–Crippen LogP) is 2.71. The van der Waals surface area contributed by atoms with Crippen LogP contribution in [0, 0.1) is 0 Å². The van der Waals surface area contributed by atoms with E-state index in [1.54, 1.807) is 11.2 Å². The summed E-state index contributed by atoms with van der Waals surface area (Å²) < 4.78 is 37.9. The molecule has 0 amide bonds. The van der Waals surface area contributed by atoms with E-state index in [0.29, 0.717) is 18.7 Å². The fourth-order valence-corrected chi connectivity index (χ4v) is 4.69. The van der Waals surface area contributed by atoms with Crippen molar-refractivity contribution in [1.29, 1.82) is 0 Å². The van der Waals surface area contributed by atoms with Gasteiger partial charge in [-0.2, -0.15) is 4.31 Å². The molecule has 2 heterocycles. The Morgan fingerprint density at radius 1 is 1.12 bits per heavy atom. The van der Waals surface area contributed by atoms with Crippen LogP contribution in [0.3, 0.4) is 0 Å². The van der Waals surface area contributed by atoms with Gasteiger partial charge in [0.2, 0.25) is 16.8 Å². The van der Waals surface area contributed by atoms with E-state index >= 15 is 0 Å². The van der Waals surface area contributed by atoms with Gasteiger partial charge in [0.1, 0.15) is 0 Å². The minimum atomic E-state index is -3.31. The molecular weight excluding hydrogens is 326 g/mol. The predicted molar refractivity (Wildman–Crippen MR) is 90.7 cm³/mol. The van der Waals surface area contributed by atoms with Crippen molar-refractivity contribution in [2.24, 2.45) is 0 Å². The van der Waals surface area contributed by atoms with E-state index < -0.39 is 10.0 Å². The lowest BCUT2D eigenvalue weighted by molar-refractivity contribution is 0.174. The van der Waals surface area contributed by atoms with Crippen molar-refractivity contribution in [2.45, 2.75) is 19.4 Å². The van der Waals surface area contributed by atoms with Gasteiger partial charge in [-0.15, -0.1) is 0 Å². The molecule has 0 aromatic heterocycles. The van der Waals surface area contributed by atoms with Gasteiger partial charge >= 0.3 is 0 Å². The van der Waals surface area contributed by atoms with Crippen molar-refractivity contribution >= 4 is 10.0 Å². The first-order valence-corrected chi connectivity index (χ1v) is 9.68. The van der Waals surface area contributed by atoms with E-state index in [1.165, 1.54) is 0 Å². The molecule has 0 aliphatic carbocycles. The van der Waals surface area contributed by atoms with Crippen molar-refractivity contribution in [2.75, 3.05) is 19.1 Å². The van der Waals surface area contributed by atoms with Gasteiger partial charge in [0, 0.05) is 6.54 Å². The van der Waals surface area contributed by atoms with Crippen LogP contribution in [0.5, 0.6) is 11.5 Å². The van der Waals surface area contributed by atoms with Crippen LogP contribution >= 0.6 is 0 Å². The van der Waals surface area contributed by atoms with E-state index in [0.717, 1.165) is 22.4 Å². The number of sulfonamides is 1. The Bertz CT molecular complexity index is 864. The smallest absolute Gasteiger partial charge is 0.231 e. The average Bonchev–Trinajstić information content (AvgIpc) is 3.06. The van der Waals surface area contributed by atoms with Gasteiger partial charge in [-0.1, -0.05) is 30.3 Å². The van der Waals surface area contributed by atoms with Gasteiger partial charge in [-0.25, -0.2) is 8.42 Å². The first-order chi connectivity index (χ1) is 11.6. The number of ether oxygens (including phenoxy) is 2. The number of fused-ring (bicyclic) bond motifs is 2. The zero-order valence-corrected chi connectivity index (χ0v) is 14.3. The van der Waals surface area contributed by atoms with E-state index in [-0.39, 0.29) is 18.6 Å². The quantitative estimate of drug-likeness (QED) is 0.858. The second-order valence-corrected chi connectivity index (χ2v) is 8.19. The van der Waals surface area contributed by atoms with E-state index in [4.69, 9.17) is 9.47 Å². The zero-order valence-electron chi connectivity index (χ0n) is 13.4. The highest BCUT2D eigenvalue weighted by Crippen LogP contribution is 2.43. The van der Waals surface area contributed by atoms with Crippen LogP contribution in [0.2, 0.25) is 0 Å². The SMILES string of the molecule is CCS(=O)(=O)N1CCc2cc3c(cc2C1c1ccccc1)OCO3. The third-order valence-electron chi connectivity index (χ3n) is 4.66. The van der Waals surface area contributed by atoms with E-state index in [1.807, 2.05) is 42.5 Å². The van der Waals surface area contributed by atoms with Crippen LogP contribution in [0.1, 0.15) is 29.7 Å². The summed E-state index contributed by atoms with van der Waals surface area (Å²) >= 11 is 0. The monoisotopic (exact) mass is 345 g/mol. The maximum atomic E-state index is 12.7. The first kappa shape index (κ1) is 15.5. The Morgan fingerprint density at radius 3 is 2.54 bits per heavy atom. The van der Waals surface area contributed by atoms with Crippen molar-refractivity contribution in [3.8, 4) is 11.5 Å². The molecule has 2 aliphatic heterocycles. The molecule has 2 aliphatic rings. The molecular formula is C18H19NO4S. The number of rotatable bonds is 3. The molecule has 1 atom stereocenters. The van der Waals surface area contributed by atoms with Crippen LogP contribution in [-0.2, 0) is 16.4 Å². The Hall–Kier alpha value is -2.05. The van der Waals surface area contributed by atoms with Gasteiger partial charge < -0.3 is 9.47 Å². The molecule has 0 saturated heterocycles. The number of hydrogen-bond acceptors (Lipinski definition) is 4. The molecule has 0 fully saturated rings. The highest BCUT2D eigenvalue weighted by molar-refractivity contribution is 7.89. The summed E-state index contributed by atoms with van der Waals surface area (Å²) in [6.45, 7) is 2.38. The molecule has 0 radical (unpaired) electrons. The maximum absolute atomic E-state index is 12.7. The number of nitrogens with zero attached hydrogens (tertiary/aromatic N) is 1. The van der Waals surface area contributed by atoms with Crippen LogP contribution in [0.15, 0.2) is 42.5 Å². The molecule has 1 unspecified atom stereocenters. The summed E-state index contributed by atoms with van der Waals surface area (Å²) in [5.74, 6) is 1.52. The van der Waals surface area contributed by atoms with Crippen molar-refractivity contribution in [1.82, 2.24) is 4.31 Å². The standard InChI is InChI=1S/C18H19NO4S/c1-2-24(20,21)19-9-8-14-10-16-17(23-12-22-16)11-15(14)18(19)13-6-4-3-5-7-13/h3-7,10-11,18H,2,8-9,12H2,1H3. The molecule has 0 bridgehead atoms. The Morgan fingerprint density at radius 2 is 1.83 bits per heavy atom. The van der Waals surface area contributed by atoms with Gasteiger partial charge in [-0.05, 0) is 42.2 Å². The lowest BCUT2D eigenvalue weighted by atomic mass is 9.89. The summed E-state index contributed by atoms with van der Waals surface area (Å²) in [7, 11) is -3.31. The minimum Gasteiger partial charge on any atom is -0.454 e. The van der Waals surface area contributed by atoms with Crippen LogP contribution in [0.4, 0.5) is 0 Å². The number of benzene rings is 2. The second kappa shape index (κ2) is 5.79. The third-order valence-corrected chi connectivity index (χ3v) is 6.49. The van der Waals surface area contributed by atoms with Gasteiger partial charge in [0.15, 0.2) is 11.5 Å². The molecule has 6 heteroatoms. The number of hydrogen-bond donors (Lipinski definition) is 0. The average molecular weight is 345 g/mol. The zero-order chi connectivity index (χ0) is 16.7. The normalized spacial score (nSPS) is 20.0. The summed E-state index contributed by atoms with van der Waals surface area (Å²) in [4.78, 5) is 0. The Balaban J connectivity index is 1.89. The molecule has 2 aromatic rings. The molecule has 4 rings (SSSR count). The summed E-state index contributed by atoms with van der Waals surface area (Å²) in [5.41, 5.74) is 3.07. The molecule has 5 nitrogen and oxygen atoms in total. The summed E-state index contributed by atoms with van der Waals surface area (Å²) in [6, 6.07) is 13.4. The maximum Gasteiger partial charge on any atom is 0.231 e. The van der Waals surface area contributed by atoms with Crippen LogP contribution in [0.25, 0.3) is 0 Å². The largest absolute Gasteiger partial charge is 0.454 e. The van der Waals surface area contributed by atoms with Crippen molar-refractivity contribution in [3.05, 3.63) is 59.2 Å². The molecule has 0 N–H and O–H groups in total. The first-order valence-electron chi connectivity index (χ1n) is 8.07. The topological polar surface area (TPSA) is 55.8 Å². The molecule has 24 heavy (non-hydrogen) atoms. The Kier molecular flexibility index (Phi) is 3.73. The van der Waals surface area contributed by atoms with Crippen LogP contribution < -0.4 is 9.47 Å². The van der Waals surface area contributed by atoms with Crippen molar-refractivity contribution < 1.29 is 17.9 Å². The highest BCUT2D eigenvalue weighted by Gasteiger charge is 2.36. The van der Waals surface area contributed by atoms with E-state index in [9.17, 15) is 8.42 Å². The molecule has 2 aromatic carbocycles. The van der Waals surface area contributed by atoms with Gasteiger partial charge in [-0.3, -0.25) is 0 Å². The third kappa shape index (κ3) is 2.46. The van der Waals surface area contributed by atoms with Crippen LogP contribution in [-0.4, -0.2) is 31.8 Å². The summed E-state index contributed by atoms with van der Waals surface area (Å²) in [5, 5.41) is 0. The van der Waals surface area contributed by atoms with E-state index in [2.05, 4.69) is 0 Å². The second-order valence-electron chi connectivity index (χ2n) is 5.98. The van der Waals surface area contributed by atoms with Gasteiger partial charge in [0.05, 0.1) is 11.8 Å². The Labute approximate surface area is 141 Å². The minimum absolute atomic E-state index is 0.0935.